The molecule has 0 bridgehead atoms. The van der Waals surface area contributed by atoms with Crippen LogP contribution < -0.4 is 5.32 Å². The molecule has 2 saturated heterocycles. The first-order valence-electron chi connectivity index (χ1n) is 8.49. The van der Waals surface area contributed by atoms with Crippen LogP contribution in [0.25, 0.3) is 0 Å². The van der Waals surface area contributed by atoms with Crippen LogP contribution in [-0.4, -0.2) is 49.2 Å². The van der Waals surface area contributed by atoms with E-state index in [1.807, 2.05) is 0 Å². The van der Waals surface area contributed by atoms with Crippen LogP contribution in [0, 0.1) is 0 Å². The maximum Gasteiger partial charge on any atom is 0.249 e. The van der Waals surface area contributed by atoms with Gasteiger partial charge in [-0.15, -0.1) is 0 Å². The SMILES string of the molecule is O=C(NC1CCN(CCc2ccccc2)CC1)C1CCCO1. The van der Waals surface area contributed by atoms with E-state index < -0.39 is 0 Å². The minimum atomic E-state index is -0.198. The summed E-state index contributed by atoms with van der Waals surface area (Å²) in [7, 11) is 0. The third-order valence-corrected chi connectivity index (χ3v) is 4.72. The van der Waals surface area contributed by atoms with E-state index >= 15 is 0 Å². The molecule has 1 unspecified atom stereocenters. The fourth-order valence-corrected chi connectivity index (χ4v) is 3.31. The first-order valence-corrected chi connectivity index (χ1v) is 8.49. The summed E-state index contributed by atoms with van der Waals surface area (Å²) in [6, 6.07) is 11.0. The van der Waals surface area contributed by atoms with E-state index in [-0.39, 0.29) is 12.0 Å². The Labute approximate surface area is 132 Å². The van der Waals surface area contributed by atoms with Gasteiger partial charge in [0.25, 0.3) is 0 Å². The second kappa shape index (κ2) is 7.75. The van der Waals surface area contributed by atoms with Crippen molar-refractivity contribution in [2.45, 2.75) is 44.2 Å². The van der Waals surface area contributed by atoms with Gasteiger partial charge >= 0.3 is 0 Å². The van der Waals surface area contributed by atoms with Crippen LogP contribution in [-0.2, 0) is 16.0 Å². The molecule has 0 aliphatic carbocycles. The Bertz CT molecular complexity index is 463. The highest BCUT2D eigenvalue weighted by Gasteiger charge is 2.27. The van der Waals surface area contributed by atoms with Crippen LogP contribution in [0.5, 0.6) is 0 Å². The molecule has 1 aromatic carbocycles. The van der Waals surface area contributed by atoms with Crippen molar-refractivity contribution < 1.29 is 9.53 Å². The number of rotatable bonds is 5. The molecule has 2 heterocycles. The van der Waals surface area contributed by atoms with Gasteiger partial charge in [0.15, 0.2) is 0 Å². The largest absolute Gasteiger partial charge is 0.368 e. The van der Waals surface area contributed by atoms with E-state index in [1.54, 1.807) is 0 Å². The smallest absolute Gasteiger partial charge is 0.249 e. The van der Waals surface area contributed by atoms with E-state index in [9.17, 15) is 4.79 Å². The van der Waals surface area contributed by atoms with Gasteiger partial charge in [0, 0.05) is 32.3 Å². The van der Waals surface area contributed by atoms with Gasteiger partial charge in [-0.1, -0.05) is 30.3 Å². The number of carbonyl (C=O) groups excluding carboxylic acids is 1. The van der Waals surface area contributed by atoms with Crippen LogP contribution in [0.2, 0.25) is 0 Å². The Hall–Kier alpha value is -1.39. The van der Waals surface area contributed by atoms with Gasteiger partial charge in [0.05, 0.1) is 0 Å². The second-order valence-corrected chi connectivity index (χ2v) is 6.36. The molecule has 0 radical (unpaired) electrons. The number of hydrogen-bond donors (Lipinski definition) is 1. The lowest BCUT2D eigenvalue weighted by atomic mass is 10.0. The molecule has 2 aliphatic heterocycles. The molecule has 4 heteroatoms. The van der Waals surface area contributed by atoms with E-state index in [1.165, 1.54) is 5.56 Å². The number of hydrogen-bond acceptors (Lipinski definition) is 3. The predicted octanol–water partition coefficient (Wildman–Crippen LogP) is 1.99. The molecular formula is C18H26N2O2. The van der Waals surface area contributed by atoms with Crippen molar-refractivity contribution in [2.24, 2.45) is 0 Å². The predicted molar refractivity (Wildman–Crippen MR) is 86.7 cm³/mol. The number of nitrogens with one attached hydrogen (secondary N) is 1. The van der Waals surface area contributed by atoms with E-state index in [0.717, 1.165) is 58.3 Å². The van der Waals surface area contributed by atoms with Gasteiger partial charge in [-0.25, -0.2) is 0 Å². The van der Waals surface area contributed by atoms with Gasteiger partial charge in [-0.2, -0.15) is 0 Å². The summed E-state index contributed by atoms with van der Waals surface area (Å²) in [6.07, 6.45) is 4.89. The monoisotopic (exact) mass is 302 g/mol. The van der Waals surface area contributed by atoms with Crippen molar-refractivity contribution in [1.29, 1.82) is 0 Å². The van der Waals surface area contributed by atoms with Crippen molar-refractivity contribution in [3.63, 3.8) is 0 Å². The number of ether oxygens (including phenoxy) is 1. The van der Waals surface area contributed by atoms with Gasteiger partial charge in [0.2, 0.25) is 5.91 Å². The van der Waals surface area contributed by atoms with Crippen molar-refractivity contribution in [3.8, 4) is 0 Å². The normalized spacial score (nSPS) is 23.5. The van der Waals surface area contributed by atoms with Gasteiger partial charge < -0.3 is 15.0 Å². The topological polar surface area (TPSA) is 41.6 Å². The van der Waals surface area contributed by atoms with Gasteiger partial charge in [0.1, 0.15) is 6.10 Å². The summed E-state index contributed by atoms with van der Waals surface area (Å²) < 4.78 is 5.44. The molecule has 1 aromatic rings. The van der Waals surface area contributed by atoms with Crippen LogP contribution >= 0.6 is 0 Å². The highest BCUT2D eigenvalue weighted by Crippen LogP contribution is 2.15. The standard InChI is InChI=1S/C18H26N2O2/c21-18(17-7-4-14-22-17)19-16-9-12-20(13-10-16)11-8-15-5-2-1-3-6-15/h1-3,5-6,16-17H,4,7-14H2,(H,19,21). The Balaban J connectivity index is 1.36. The van der Waals surface area contributed by atoms with Crippen molar-refractivity contribution in [3.05, 3.63) is 35.9 Å². The van der Waals surface area contributed by atoms with Gasteiger partial charge in [-0.05, 0) is 37.7 Å². The fourth-order valence-electron chi connectivity index (χ4n) is 3.31. The average molecular weight is 302 g/mol. The first kappa shape index (κ1) is 15.5. The molecule has 0 saturated carbocycles. The molecule has 3 rings (SSSR count). The number of carbonyl (C=O) groups is 1. The minimum Gasteiger partial charge on any atom is -0.368 e. The van der Waals surface area contributed by atoms with Crippen LogP contribution in [0.15, 0.2) is 30.3 Å². The Morgan fingerprint density at radius 1 is 1.18 bits per heavy atom. The first-order chi connectivity index (χ1) is 10.8. The average Bonchev–Trinajstić information content (AvgIpc) is 3.10. The summed E-state index contributed by atoms with van der Waals surface area (Å²) in [5.41, 5.74) is 1.40. The fraction of sp³-hybridized carbons (Fsp3) is 0.611. The molecule has 22 heavy (non-hydrogen) atoms. The molecule has 1 N–H and O–H groups in total. The third-order valence-electron chi connectivity index (χ3n) is 4.72. The van der Waals surface area contributed by atoms with Crippen molar-refractivity contribution in [2.75, 3.05) is 26.2 Å². The van der Waals surface area contributed by atoms with E-state index in [2.05, 4.69) is 40.5 Å². The Kier molecular flexibility index (Phi) is 5.46. The molecule has 1 amide bonds. The zero-order chi connectivity index (χ0) is 15.2. The zero-order valence-electron chi connectivity index (χ0n) is 13.2. The number of likely N-dealkylation sites (tertiary alicyclic amines) is 1. The third kappa shape index (κ3) is 4.31. The highest BCUT2D eigenvalue weighted by atomic mass is 16.5. The summed E-state index contributed by atoms with van der Waals surface area (Å²) in [4.78, 5) is 14.6. The molecule has 1 atom stereocenters. The maximum atomic E-state index is 12.1. The Morgan fingerprint density at radius 3 is 2.64 bits per heavy atom. The van der Waals surface area contributed by atoms with E-state index in [4.69, 9.17) is 4.74 Å². The Morgan fingerprint density at radius 2 is 1.95 bits per heavy atom. The van der Waals surface area contributed by atoms with Crippen LogP contribution in [0.1, 0.15) is 31.2 Å². The molecular weight excluding hydrogens is 276 g/mol. The lowest BCUT2D eigenvalue weighted by Gasteiger charge is -2.32. The summed E-state index contributed by atoms with van der Waals surface area (Å²) >= 11 is 0. The van der Waals surface area contributed by atoms with Crippen LogP contribution in [0.3, 0.4) is 0 Å². The summed E-state index contributed by atoms with van der Waals surface area (Å²) in [5.74, 6) is 0.0974. The van der Waals surface area contributed by atoms with Crippen molar-refractivity contribution >= 4 is 5.91 Å². The molecule has 4 nitrogen and oxygen atoms in total. The number of nitrogens with zero attached hydrogens (tertiary/aromatic N) is 1. The lowest BCUT2D eigenvalue weighted by molar-refractivity contribution is -0.131. The number of amides is 1. The molecule has 2 aliphatic rings. The quantitative estimate of drug-likeness (QED) is 0.904. The number of benzene rings is 1. The number of piperidine rings is 1. The van der Waals surface area contributed by atoms with E-state index in [0.29, 0.717) is 6.04 Å². The second-order valence-electron chi connectivity index (χ2n) is 6.36. The zero-order valence-corrected chi connectivity index (χ0v) is 13.2. The molecule has 120 valence electrons. The van der Waals surface area contributed by atoms with Crippen molar-refractivity contribution in [1.82, 2.24) is 10.2 Å². The molecule has 0 spiro atoms. The minimum absolute atomic E-state index is 0.0974. The van der Waals surface area contributed by atoms with Gasteiger partial charge in [-0.3, -0.25) is 4.79 Å². The lowest BCUT2D eigenvalue weighted by Crippen LogP contribution is -2.47. The maximum absolute atomic E-state index is 12.1. The molecule has 2 fully saturated rings. The van der Waals surface area contributed by atoms with Crippen LogP contribution in [0.4, 0.5) is 0 Å². The summed E-state index contributed by atoms with van der Waals surface area (Å²) in [6.45, 7) is 3.99. The summed E-state index contributed by atoms with van der Waals surface area (Å²) in [5, 5.41) is 3.16. The highest BCUT2D eigenvalue weighted by molar-refractivity contribution is 5.81. The molecule has 0 aromatic heterocycles.